The zero-order valence-corrected chi connectivity index (χ0v) is 10.8. The van der Waals surface area contributed by atoms with E-state index in [0.29, 0.717) is 5.82 Å². The fourth-order valence-electron chi connectivity index (χ4n) is 1.81. The average Bonchev–Trinajstić information content (AvgIpc) is 3.03. The maximum absolute atomic E-state index is 11.5. The van der Waals surface area contributed by atoms with Gasteiger partial charge in [-0.1, -0.05) is 0 Å². The van der Waals surface area contributed by atoms with Gasteiger partial charge in [0.05, 0.1) is 19.0 Å². The van der Waals surface area contributed by atoms with Crippen LogP contribution in [0.25, 0.3) is 15.9 Å². The molecule has 2 N–H and O–H groups in total. The van der Waals surface area contributed by atoms with Crippen molar-refractivity contribution in [2.24, 2.45) is 0 Å². The number of aromatic nitrogens is 3. The molecule has 3 heterocycles. The Kier molecular flexibility index (Phi) is 2.68. The summed E-state index contributed by atoms with van der Waals surface area (Å²) in [7, 11) is 1.29. The molecule has 0 spiro atoms. The summed E-state index contributed by atoms with van der Waals surface area (Å²) in [4.78, 5) is 15.8. The Balaban J connectivity index is 2.17. The molecule has 0 aliphatic carbocycles. The second-order valence-electron chi connectivity index (χ2n) is 3.84. The Morgan fingerprint density at radius 3 is 3.11 bits per heavy atom. The van der Waals surface area contributed by atoms with E-state index in [-0.39, 0.29) is 11.4 Å². The summed E-state index contributed by atoms with van der Waals surface area (Å²) < 4.78 is 7.22. The summed E-state index contributed by atoms with van der Waals surface area (Å²) in [5.74, 6) is 0.0781. The Morgan fingerprint density at radius 1 is 1.47 bits per heavy atom. The van der Waals surface area contributed by atoms with Gasteiger partial charge in [0.2, 0.25) is 0 Å². The first-order chi connectivity index (χ1) is 9.20. The molecule has 0 radical (unpaired) electrons. The number of anilines is 1. The van der Waals surface area contributed by atoms with E-state index >= 15 is 0 Å². The lowest BCUT2D eigenvalue weighted by Gasteiger charge is -2.01. The molecule has 6 nitrogen and oxygen atoms in total. The molecule has 19 heavy (non-hydrogen) atoms. The highest BCUT2D eigenvalue weighted by Gasteiger charge is 2.17. The largest absolute Gasteiger partial charge is 0.464 e. The second-order valence-corrected chi connectivity index (χ2v) is 4.78. The van der Waals surface area contributed by atoms with Crippen molar-refractivity contribution in [1.82, 2.24) is 14.8 Å². The fourth-order valence-corrected chi connectivity index (χ4v) is 2.59. The molecule has 0 aromatic carbocycles. The smallest absolute Gasteiger partial charge is 0.360 e. The topological polar surface area (TPSA) is 83.0 Å². The predicted octanol–water partition coefficient (Wildman–Crippen LogP) is 1.85. The number of esters is 1. The number of nitrogen functional groups attached to an aromatic ring is 1. The number of carbonyl (C=O) groups is 1. The van der Waals surface area contributed by atoms with Gasteiger partial charge in [-0.15, -0.1) is 11.3 Å². The van der Waals surface area contributed by atoms with Gasteiger partial charge < -0.3 is 10.5 Å². The quantitative estimate of drug-likeness (QED) is 0.721. The minimum atomic E-state index is -0.561. The van der Waals surface area contributed by atoms with Crippen LogP contribution in [-0.2, 0) is 4.74 Å². The van der Waals surface area contributed by atoms with Gasteiger partial charge in [0, 0.05) is 16.3 Å². The van der Waals surface area contributed by atoms with Crippen LogP contribution in [0, 0.1) is 0 Å². The average molecular weight is 274 g/mol. The van der Waals surface area contributed by atoms with Crippen molar-refractivity contribution in [3.63, 3.8) is 0 Å². The van der Waals surface area contributed by atoms with E-state index in [1.807, 2.05) is 17.5 Å². The first-order valence-corrected chi connectivity index (χ1v) is 6.34. The van der Waals surface area contributed by atoms with E-state index in [1.165, 1.54) is 11.8 Å². The van der Waals surface area contributed by atoms with Crippen molar-refractivity contribution in [3.8, 4) is 5.82 Å². The molecule has 0 atom stereocenters. The molecule has 0 saturated carbocycles. The van der Waals surface area contributed by atoms with Gasteiger partial charge in [-0.3, -0.25) is 0 Å². The number of rotatable bonds is 2. The van der Waals surface area contributed by atoms with Crippen LogP contribution < -0.4 is 5.73 Å². The normalized spacial score (nSPS) is 10.8. The number of nitrogens with two attached hydrogens (primary N) is 1. The number of hydrogen-bond acceptors (Lipinski definition) is 6. The number of hydrogen-bond donors (Lipinski definition) is 1. The molecule has 96 valence electrons. The van der Waals surface area contributed by atoms with Crippen LogP contribution in [0.4, 0.5) is 5.69 Å². The molecule has 3 rings (SSSR count). The van der Waals surface area contributed by atoms with Crippen LogP contribution in [0.5, 0.6) is 0 Å². The Morgan fingerprint density at radius 2 is 2.32 bits per heavy atom. The van der Waals surface area contributed by atoms with E-state index in [9.17, 15) is 4.79 Å². The van der Waals surface area contributed by atoms with Crippen molar-refractivity contribution in [3.05, 3.63) is 35.6 Å². The van der Waals surface area contributed by atoms with Crippen molar-refractivity contribution in [1.29, 1.82) is 0 Å². The molecule has 0 saturated heterocycles. The third-order valence-corrected chi connectivity index (χ3v) is 3.58. The highest BCUT2D eigenvalue weighted by molar-refractivity contribution is 7.17. The molecular formula is C12H10N4O2S. The molecule has 3 aromatic heterocycles. The molecule has 0 amide bonds. The van der Waals surface area contributed by atoms with Crippen LogP contribution in [0.2, 0.25) is 0 Å². The Labute approximate surface area is 112 Å². The minimum Gasteiger partial charge on any atom is -0.464 e. The first-order valence-electron chi connectivity index (χ1n) is 5.46. The number of pyridine rings is 1. The number of methoxy groups -OCH3 is 1. The summed E-state index contributed by atoms with van der Waals surface area (Å²) in [5.41, 5.74) is 6.12. The van der Waals surface area contributed by atoms with E-state index in [2.05, 4.69) is 14.8 Å². The molecular weight excluding hydrogens is 264 g/mol. The summed E-state index contributed by atoms with van der Waals surface area (Å²) in [6, 6.07) is 3.88. The van der Waals surface area contributed by atoms with E-state index in [1.54, 1.807) is 23.7 Å². The Bertz CT molecular complexity index is 762. The number of carbonyl (C=O) groups excluding carboxylic acids is 1. The van der Waals surface area contributed by atoms with Crippen molar-refractivity contribution < 1.29 is 9.53 Å². The summed E-state index contributed by atoms with van der Waals surface area (Å²) >= 11 is 1.61. The number of thiophene rings is 1. The number of ether oxygens (including phenoxy) is 1. The monoisotopic (exact) mass is 274 g/mol. The van der Waals surface area contributed by atoms with Gasteiger partial charge in [-0.05, 0) is 17.5 Å². The zero-order chi connectivity index (χ0) is 13.4. The highest BCUT2D eigenvalue weighted by Crippen LogP contribution is 2.25. The molecule has 0 fully saturated rings. The molecule has 3 aromatic rings. The number of nitrogens with zero attached hydrogens (tertiary/aromatic N) is 3. The van der Waals surface area contributed by atoms with E-state index < -0.39 is 5.97 Å². The number of fused-ring (bicyclic) bond motifs is 1. The standard InChI is InChI=1S/C12H10N4O2S/c1-18-12(17)10-8(13)6-16(15-10)11-7-3-5-19-9(7)2-4-14-11/h2-6H,13H2,1H3. The van der Waals surface area contributed by atoms with Gasteiger partial charge in [-0.2, -0.15) is 5.10 Å². The summed E-state index contributed by atoms with van der Waals surface area (Å²) in [5, 5.41) is 7.08. The van der Waals surface area contributed by atoms with Gasteiger partial charge in [0.15, 0.2) is 11.5 Å². The molecule has 0 bridgehead atoms. The van der Waals surface area contributed by atoms with Crippen LogP contribution in [0.15, 0.2) is 29.9 Å². The highest BCUT2D eigenvalue weighted by atomic mass is 32.1. The van der Waals surface area contributed by atoms with Crippen molar-refractivity contribution >= 4 is 33.1 Å². The zero-order valence-electron chi connectivity index (χ0n) is 10.0. The Hall–Kier alpha value is -2.41. The third kappa shape index (κ3) is 1.84. The summed E-state index contributed by atoms with van der Waals surface area (Å²) in [6.07, 6.45) is 3.26. The van der Waals surface area contributed by atoms with Gasteiger partial charge >= 0.3 is 5.97 Å². The molecule has 7 heteroatoms. The third-order valence-electron chi connectivity index (χ3n) is 2.70. The van der Waals surface area contributed by atoms with Crippen LogP contribution >= 0.6 is 11.3 Å². The molecule has 0 aliphatic rings. The maximum Gasteiger partial charge on any atom is 0.360 e. The molecule has 0 unspecified atom stereocenters. The maximum atomic E-state index is 11.5. The SMILES string of the molecule is COC(=O)c1nn(-c2nccc3sccc23)cc1N. The van der Waals surface area contributed by atoms with Gasteiger partial charge in [0.1, 0.15) is 0 Å². The first kappa shape index (κ1) is 11.7. The second kappa shape index (κ2) is 4.36. The van der Waals surface area contributed by atoms with Gasteiger partial charge in [-0.25, -0.2) is 14.5 Å². The lowest BCUT2D eigenvalue weighted by molar-refractivity contribution is 0.0594. The predicted molar refractivity (Wildman–Crippen MR) is 72.5 cm³/mol. The van der Waals surface area contributed by atoms with Crippen LogP contribution in [0.3, 0.4) is 0 Å². The van der Waals surface area contributed by atoms with Crippen LogP contribution in [0.1, 0.15) is 10.5 Å². The van der Waals surface area contributed by atoms with Crippen LogP contribution in [-0.4, -0.2) is 27.8 Å². The fraction of sp³-hybridized carbons (Fsp3) is 0.0833. The van der Waals surface area contributed by atoms with Gasteiger partial charge in [0.25, 0.3) is 0 Å². The van der Waals surface area contributed by atoms with Crippen molar-refractivity contribution in [2.45, 2.75) is 0 Å². The lowest BCUT2D eigenvalue weighted by Crippen LogP contribution is -2.06. The van der Waals surface area contributed by atoms with E-state index in [0.717, 1.165) is 10.1 Å². The van der Waals surface area contributed by atoms with Crippen molar-refractivity contribution in [2.75, 3.05) is 12.8 Å². The summed E-state index contributed by atoms with van der Waals surface area (Å²) in [6.45, 7) is 0. The van der Waals surface area contributed by atoms with E-state index in [4.69, 9.17) is 5.73 Å². The molecule has 0 aliphatic heterocycles. The minimum absolute atomic E-state index is 0.0940. The lowest BCUT2D eigenvalue weighted by atomic mass is 10.3.